The molecule has 2 aliphatic rings. The SMILES string of the molecule is CC(C)(C)c1cc(/C=C/C=C/Nc2ccccc2)c2ccc(=[N+](CCCS(=O)(=O)O)CCCS(=O)(=O)O)cc-2o1. The van der Waals surface area contributed by atoms with E-state index in [1.807, 2.05) is 83.6 Å². The topological polar surface area (TPSA) is 137 Å². The summed E-state index contributed by atoms with van der Waals surface area (Å²) in [7, 11) is -8.27. The quantitative estimate of drug-likeness (QED) is 0.158. The van der Waals surface area contributed by atoms with Gasteiger partial charge in [0.05, 0.1) is 17.6 Å². The normalized spacial score (nSPS) is 12.9. The molecule has 0 saturated heterocycles. The molecule has 3 N–H and O–H groups in total. The molecule has 0 spiro atoms. The van der Waals surface area contributed by atoms with E-state index in [0.29, 0.717) is 11.1 Å². The van der Waals surface area contributed by atoms with Gasteiger partial charge in [0, 0.05) is 41.8 Å². The van der Waals surface area contributed by atoms with Gasteiger partial charge in [-0.05, 0) is 35.9 Å². The predicted molar refractivity (Wildman–Crippen MR) is 159 cm³/mol. The van der Waals surface area contributed by atoms with Gasteiger partial charge in [0.25, 0.3) is 20.2 Å². The van der Waals surface area contributed by atoms with Crippen LogP contribution in [0.1, 0.15) is 44.9 Å². The van der Waals surface area contributed by atoms with Crippen molar-refractivity contribution in [2.45, 2.75) is 39.0 Å². The smallest absolute Gasteiger partial charge is 0.265 e. The first kappa shape index (κ1) is 31.3. The monoisotopic (exact) mass is 589 g/mol. The third-order valence-corrected chi connectivity index (χ3v) is 7.66. The van der Waals surface area contributed by atoms with Crippen molar-refractivity contribution in [1.29, 1.82) is 0 Å². The van der Waals surface area contributed by atoms with Crippen LogP contribution in [0.2, 0.25) is 0 Å². The van der Waals surface area contributed by atoms with E-state index in [-0.39, 0.29) is 31.3 Å². The largest absolute Gasteiger partial charge is 0.460 e. The average Bonchev–Trinajstić information content (AvgIpc) is 2.85. The average molecular weight is 590 g/mol. The van der Waals surface area contributed by atoms with Crippen molar-refractivity contribution in [2.75, 3.05) is 29.9 Å². The first-order chi connectivity index (χ1) is 18.7. The Labute approximate surface area is 236 Å². The summed E-state index contributed by atoms with van der Waals surface area (Å²) in [6, 6.07) is 17.4. The van der Waals surface area contributed by atoms with E-state index in [0.717, 1.165) is 22.6 Å². The van der Waals surface area contributed by atoms with Gasteiger partial charge in [-0.25, -0.2) is 4.58 Å². The number of allylic oxidation sites excluding steroid dienone is 2. The van der Waals surface area contributed by atoms with Crippen LogP contribution in [0, 0.1) is 0 Å². The first-order valence-corrected chi connectivity index (χ1v) is 16.1. The van der Waals surface area contributed by atoms with Crippen LogP contribution in [0.4, 0.5) is 5.69 Å². The van der Waals surface area contributed by atoms with Crippen LogP contribution in [0.25, 0.3) is 17.4 Å². The number of anilines is 1. The maximum atomic E-state index is 11.2. The van der Waals surface area contributed by atoms with Gasteiger partial charge in [-0.3, -0.25) is 9.11 Å². The number of rotatable bonds is 12. The number of nitrogens with one attached hydrogen (secondary N) is 1. The predicted octanol–water partition coefficient (Wildman–Crippen LogP) is 4.65. The molecule has 1 aromatic carbocycles. The van der Waals surface area contributed by atoms with Gasteiger partial charge in [-0.15, -0.1) is 0 Å². The maximum absolute atomic E-state index is 11.2. The molecule has 0 aromatic heterocycles. The second kappa shape index (κ2) is 13.4. The van der Waals surface area contributed by atoms with Crippen LogP contribution in [0.15, 0.2) is 77.4 Å². The molecule has 1 heterocycles. The van der Waals surface area contributed by atoms with Gasteiger partial charge in [0.2, 0.25) is 5.36 Å². The van der Waals surface area contributed by atoms with Crippen molar-refractivity contribution in [3.05, 3.63) is 89.6 Å². The van der Waals surface area contributed by atoms with Crippen LogP contribution in [0.5, 0.6) is 0 Å². The Bertz CT molecular complexity index is 1560. The third-order valence-electron chi connectivity index (χ3n) is 6.05. The van der Waals surface area contributed by atoms with Gasteiger partial charge in [-0.2, -0.15) is 16.8 Å². The lowest BCUT2D eigenvalue weighted by atomic mass is 9.90. The molecule has 1 aliphatic carbocycles. The van der Waals surface area contributed by atoms with Gasteiger partial charge in [-0.1, -0.05) is 51.1 Å². The zero-order valence-electron chi connectivity index (χ0n) is 22.9. The highest BCUT2D eigenvalue weighted by atomic mass is 32.2. The fourth-order valence-electron chi connectivity index (χ4n) is 4.04. The molecule has 0 fully saturated rings. The summed E-state index contributed by atoms with van der Waals surface area (Å²) in [6.07, 6.45) is 7.95. The summed E-state index contributed by atoms with van der Waals surface area (Å²) in [6.45, 7) is 6.66. The highest BCUT2D eigenvalue weighted by Crippen LogP contribution is 2.33. The molecule has 0 bridgehead atoms. The molecule has 11 heteroatoms. The lowest BCUT2D eigenvalue weighted by molar-refractivity contribution is 0.404. The Balaban J connectivity index is 2.00. The van der Waals surface area contributed by atoms with Crippen LogP contribution in [-0.2, 0) is 25.7 Å². The summed E-state index contributed by atoms with van der Waals surface area (Å²) >= 11 is 0. The second-order valence-electron chi connectivity index (χ2n) is 10.5. The molecule has 9 nitrogen and oxygen atoms in total. The number of benzene rings is 2. The lowest BCUT2D eigenvalue weighted by Gasteiger charge is -2.20. The summed E-state index contributed by atoms with van der Waals surface area (Å²) < 4.78 is 71.3. The molecule has 0 saturated carbocycles. The van der Waals surface area contributed by atoms with E-state index in [1.54, 1.807) is 0 Å². The molecule has 3 rings (SSSR count). The van der Waals surface area contributed by atoms with E-state index >= 15 is 0 Å². The number of hydrogen-bond acceptors (Lipinski definition) is 6. The van der Waals surface area contributed by atoms with Crippen LogP contribution < -0.4 is 15.2 Å². The summed E-state index contributed by atoms with van der Waals surface area (Å²) in [5.41, 5.74) is 2.53. The molecular weight excluding hydrogens is 552 g/mol. The number of fused-ring (bicyclic) bond motifs is 1. The minimum Gasteiger partial charge on any atom is -0.460 e. The Kier molecular flexibility index (Phi) is 10.5. The van der Waals surface area contributed by atoms with Crippen molar-refractivity contribution < 1.29 is 30.4 Å². The first-order valence-electron chi connectivity index (χ1n) is 12.9. The van der Waals surface area contributed by atoms with E-state index < -0.39 is 31.7 Å². The number of nitrogens with zero attached hydrogens (tertiary/aromatic N) is 1. The van der Waals surface area contributed by atoms with Crippen molar-refractivity contribution >= 4 is 32.0 Å². The molecule has 0 unspecified atom stereocenters. The highest BCUT2D eigenvalue weighted by Gasteiger charge is 2.22. The third kappa shape index (κ3) is 10.4. The molecule has 0 amide bonds. The van der Waals surface area contributed by atoms with E-state index in [2.05, 4.69) is 26.1 Å². The molecule has 1 aliphatic heterocycles. The van der Waals surface area contributed by atoms with Gasteiger partial charge < -0.3 is 9.73 Å². The molecule has 0 atom stereocenters. The number of para-hydroxylation sites is 1. The lowest BCUT2D eigenvalue weighted by Crippen LogP contribution is -2.33. The molecule has 1 aromatic rings. The van der Waals surface area contributed by atoms with Gasteiger partial charge in [0.1, 0.15) is 24.6 Å². The van der Waals surface area contributed by atoms with Crippen LogP contribution in [-0.4, -0.2) is 50.5 Å². The van der Waals surface area contributed by atoms with E-state index in [9.17, 15) is 16.8 Å². The Morgan fingerprint density at radius 1 is 0.875 bits per heavy atom. The minimum absolute atomic E-state index is 0.138. The fourth-order valence-corrected chi connectivity index (χ4v) is 5.03. The molecular formula is C29H37N2O7S2+. The van der Waals surface area contributed by atoms with E-state index in [4.69, 9.17) is 13.5 Å². The van der Waals surface area contributed by atoms with Crippen molar-refractivity contribution in [3.8, 4) is 11.3 Å². The molecule has 0 radical (unpaired) electrons. The number of hydrogen-bond donors (Lipinski definition) is 3. The van der Waals surface area contributed by atoms with Crippen molar-refractivity contribution in [2.24, 2.45) is 0 Å². The van der Waals surface area contributed by atoms with Gasteiger partial charge >= 0.3 is 0 Å². The molecule has 40 heavy (non-hydrogen) atoms. The zero-order chi connectivity index (χ0) is 29.4. The fraction of sp³-hybridized carbons (Fsp3) is 0.345. The highest BCUT2D eigenvalue weighted by molar-refractivity contribution is 7.86. The Morgan fingerprint density at radius 2 is 1.50 bits per heavy atom. The molecule has 216 valence electrons. The van der Waals surface area contributed by atoms with E-state index in [1.165, 1.54) is 0 Å². The second-order valence-corrected chi connectivity index (χ2v) is 13.6. The minimum atomic E-state index is -4.14. The van der Waals surface area contributed by atoms with Crippen molar-refractivity contribution in [3.63, 3.8) is 0 Å². The Hall–Kier alpha value is -3.25. The summed E-state index contributed by atoms with van der Waals surface area (Å²) in [5, 5.41) is 3.92. The van der Waals surface area contributed by atoms with Gasteiger partial charge in [0.15, 0.2) is 0 Å². The summed E-state index contributed by atoms with van der Waals surface area (Å²) in [4.78, 5) is 0. The maximum Gasteiger partial charge on any atom is 0.265 e. The van der Waals surface area contributed by atoms with Crippen molar-refractivity contribution in [1.82, 2.24) is 4.58 Å². The van der Waals surface area contributed by atoms with Crippen LogP contribution in [0.3, 0.4) is 0 Å². The summed E-state index contributed by atoms with van der Waals surface area (Å²) in [5.74, 6) is 0.545. The Morgan fingerprint density at radius 3 is 2.08 bits per heavy atom. The zero-order valence-corrected chi connectivity index (χ0v) is 24.6. The standard InChI is InChI=1S/C29H36N2O7S2/c1-29(2,3)28-21-23(11-7-8-16-30-24-12-5-4-6-13-24)26-15-14-25(22-27(26)38-28)31(17-9-19-39(32,33)34)18-10-20-40(35,36)37/h4-8,11-16,21-22H,9-10,17-20H2,1-3H3,(H2,32,33,34,35,36,37)/p+1. The van der Waals surface area contributed by atoms with Crippen LogP contribution >= 0.6 is 0 Å².